The number of rotatable bonds is 6. The normalized spacial score (nSPS) is 21.4. The first-order valence-electron chi connectivity index (χ1n) is 10.4. The van der Waals surface area contributed by atoms with Crippen molar-refractivity contribution in [3.05, 3.63) is 0 Å². The summed E-state index contributed by atoms with van der Waals surface area (Å²) in [5.74, 6) is 0.0129. The van der Waals surface area contributed by atoms with Crippen LogP contribution in [0.3, 0.4) is 0 Å². The molecule has 1 heterocycles. The van der Waals surface area contributed by atoms with Crippen LogP contribution in [0, 0.1) is 5.92 Å². The Morgan fingerprint density at radius 2 is 1.71 bits per heavy atom. The molecule has 1 amide bonds. The first kappa shape index (κ1) is 25.0. The van der Waals surface area contributed by atoms with Crippen molar-refractivity contribution in [3.8, 4) is 0 Å². The van der Waals surface area contributed by atoms with Gasteiger partial charge in [0, 0.05) is 13.2 Å². The average Bonchev–Trinajstić information content (AvgIpc) is 2.55. The Kier molecular flexibility index (Phi) is 8.57. The number of ether oxygens (including phenoxy) is 2. The molecule has 0 aromatic rings. The maximum Gasteiger partial charge on any atom is 0.411 e. The highest BCUT2D eigenvalue weighted by atomic mass is 28.4. The Morgan fingerprint density at radius 1 is 1.11 bits per heavy atom. The third-order valence-electron chi connectivity index (χ3n) is 5.84. The molecule has 1 fully saturated rings. The predicted molar refractivity (Wildman–Crippen MR) is 114 cm³/mol. The van der Waals surface area contributed by atoms with E-state index >= 15 is 0 Å². The quantitative estimate of drug-likeness (QED) is 0.348. The van der Waals surface area contributed by atoms with Crippen LogP contribution in [-0.2, 0) is 18.7 Å². The molecular formula is C21H41NO5Si. The van der Waals surface area contributed by atoms with Gasteiger partial charge in [-0.2, -0.15) is 0 Å². The molecule has 1 rings (SSSR count). The summed E-state index contributed by atoms with van der Waals surface area (Å²) >= 11 is 0. The van der Waals surface area contributed by atoms with E-state index in [1.54, 1.807) is 0 Å². The molecule has 1 saturated heterocycles. The van der Waals surface area contributed by atoms with Gasteiger partial charge >= 0.3 is 12.1 Å². The molecular weight excluding hydrogens is 374 g/mol. The number of esters is 1. The van der Waals surface area contributed by atoms with Gasteiger partial charge in [-0.1, -0.05) is 20.8 Å². The predicted octanol–water partition coefficient (Wildman–Crippen LogP) is 4.98. The number of carbonyl (C=O) groups excluding carboxylic acids is 2. The molecule has 1 aliphatic heterocycles. The molecule has 1 aliphatic rings. The van der Waals surface area contributed by atoms with Crippen molar-refractivity contribution in [1.29, 1.82) is 0 Å². The van der Waals surface area contributed by atoms with Gasteiger partial charge in [-0.05, 0) is 70.5 Å². The van der Waals surface area contributed by atoms with E-state index in [0.717, 1.165) is 25.9 Å². The van der Waals surface area contributed by atoms with Gasteiger partial charge in [0.2, 0.25) is 0 Å². The van der Waals surface area contributed by atoms with Crippen LogP contribution in [0.15, 0.2) is 0 Å². The van der Waals surface area contributed by atoms with Crippen LogP contribution in [0.5, 0.6) is 0 Å². The number of hydrogen-bond donors (Lipinski definition) is 0. The van der Waals surface area contributed by atoms with Crippen molar-refractivity contribution in [3.63, 3.8) is 0 Å². The summed E-state index contributed by atoms with van der Waals surface area (Å²) in [7, 11) is -0.354. The maximum atomic E-state index is 12.5. The molecule has 7 heteroatoms. The molecule has 28 heavy (non-hydrogen) atoms. The zero-order chi connectivity index (χ0) is 21.8. The lowest BCUT2D eigenvalue weighted by Gasteiger charge is -2.39. The van der Waals surface area contributed by atoms with Crippen LogP contribution >= 0.6 is 0 Å². The van der Waals surface area contributed by atoms with Crippen LogP contribution in [-0.4, -0.2) is 57.2 Å². The van der Waals surface area contributed by atoms with E-state index in [2.05, 4.69) is 33.9 Å². The van der Waals surface area contributed by atoms with E-state index in [1.807, 2.05) is 20.8 Å². The Labute approximate surface area is 172 Å². The number of carbonyl (C=O) groups is 2. The smallest absolute Gasteiger partial charge is 0.411 e. The van der Waals surface area contributed by atoms with Gasteiger partial charge < -0.3 is 13.9 Å². The zero-order valence-corrected chi connectivity index (χ0v) is 20.4. The summed E-state index contributed by atoms with van der Waals surface area (Å²) in [6.07, 6.45) is 3.00. The topological polar surface area (TPSA) is 65.1 Å². The van der Waals surface area contributed by atoms with E-state index in [-0.39, 0.29) is 11.0 Å². The van der Waals surface area contributed by atoms with Crippen LogP contribution in [0.4, 0.5) is 4.79 Å². The Hall–Kier alpha value is -1.08. The molecule has 164 valence electrons. The second kappa shape index (κ2) is 9.61. The summed E-state index contributed by atoms with van der Waals surface area (Å²) in [4.78, 5) is 26.3. The summed E-state index contributed by atoms with van der Waals surface area (Å²) in [6.45, 7) is 18.0. The lowest BCUT2D eigenvalue weighted by Crippen LogP contribution is -2.52. The molecule has 0 saturated carbocycles. The van der Waals surface area contributed by atoms with Crippen LogP contribution in [0.1, 0.15) is 67.2 Å². The highest BCUT2D eigenvalue weighted by Gasteiger charge is 2.39. The van der Waals surface area contributed by atoms with E-state index in [4.69, 9.17) is 13.9 Å². The van der Waals surface area contributed by atoms with Crippen molar-refractivity contribution in [1.82, 2.24) is 4.90 Å². The standard InChI is InChI=1S/C21H41NO5Si/c1-20(2,3)27-19(24)22-13-12-16(15-17(22)18(23)25-7)11-10-14-26-28(8,9)21(4,5)6/h16-17H,10-15H2,1-9H3. The number of likely N-dealkylation sites (tertiary alicyclic amines) is 1. The fourth-order valence-electron chi connectivity index (χ4n) is 3.11. The van der Waals surface area contributed by atoms with Crippen molar-refractivity contribution in [2.75, 3.05) is 20.3 Å². The highest BCUT2D eigenvalue weighted by Crippen LogP contribution is 2.37. The van der Waals surface area contributed by atoms with E-state index in [0.29, 0.717) is 18.9 Å². The summed E-state index contributed by atoms with van der Waals surface area (Å²) in [6, 6.07) is -0.570. The van der Waals surface area contributed by atoms with Crippen LogP contribution in [0.2, 0.25) is 18.1 Å². The number of hydrogen-bond acceptors (Lipinski definition) is 5. The van der Waals surface area contributed by atoms with Crippen molar-refractivity contribution < 1.29 is 23.5 Å². The van der Waals surface area contributed by atoms with Gasteiger partial charge in [0.1, 0.15) is 11.6 Å². The molecule has 0 aromatic carbocycles. The molecule has 6 nitrogen and oxygen atoms in total. The summed E-state index contributed by atoms with van der Waals surface area (Å²) in [5, 5.41) is 0.210. The first-order valence-corrected chi connectivity index (χ1v) is 13.3. The van der Waals surface area contributed by atoms with Crippen molar-refractivity contribution in [2.45, 2.75) is 97.0 Å². The fraction of sp³-hybridized carbons (Fsp3) is 0.905. The second-order valence-corrected chi connectivity index (χ2v) is 15.2. The molecule has 0 bridgehead atoms. The van der Waals surface area contributed by atoms with Crippen molar-refractivity contribution in [2.24, 2.45) is 5.92 Å². The fourth-order valence-corrected chi connectivity index (χ4v) is 4.20. The number of methoxy groups -OCH3 is 1. The lowest BCUT2D eigenvalue weighted by molar-refractivity contribution is -0.149. The molecule has 2 atom stereocenters. The minimum atomic E-state index is -1.72. The SMILES string of the molecule is COC(=O)C1CC(CCCO[Si](C)(C)C(C)(C)C)CCN1C(=O)OC(C)(C)C. The van der Waals surface area contributed by atoms with Crippen molar-refractivity contribution >= 4 is 20.4 Å². The first-order chi connectivity index (χ1) is 12.7. The van der Waals surface area contributed by atoms with Crippen LogP contribution < -0.4 is 0 Å². The molecule has 2 unspecified atom stereocenters. The van der Waals surface area contributed by atoms with Gasteiger partial charge in [-0.3, -0.25) is 4.90 Å². The summed E-state index contributed by atoms with van der Waals surface area (Å²) < 4.78 is 16.7. The van der Waals surface area contributed by atoms with Gasteiger partial charge in [0.05, 0.1) is 7.11 Å². The monoisotopic (exact) mass is 415 g/mol. The van der Waals surface area contributed by atoms with Gasteiger partial charge in [0.25, 0.3) is 0 Å². The average molecular weight is 416 g/mol. The van der Waals surface area contributed by atoms with E-state index in [9.17, 15) is 9.59 Å². The van der Waals surface area contributed by atoms with Gasteiger partial charge in [-0.15, -0.1) is 0 Å². The minimum absolute atomic E-state index is 0.210. The zero-order valence-electron chi connectivity index (χ0n) is 19.4. The Morgan fingerprint density at radius 3 is 2.21 bits per heavy atom. The van der Waals surface area contributed by atoms with Gasteiger partial charge in [-0.25, -0.2) is 9.59 Å². The Balaban J connectivity index is 2.60. The maximum absolute atomic E-state index is 12.5. The molecule has 0 aliphatic carbocycles. The third-order valence-corrected chi connectivity index (χ3v) is 10.4. The number of piperidine rings is 1. The van der Waals surface area contributed by atoms with E-state index in [1.165, 1.54) is 12.0 Å². The van der Waals surface area contributed by atoms with E-state index < -0.39 is 26.1 Å². The second-order valence-electron chi connectivity index (χ2n) is 10.4. The number of amides is 1. The Bertz CT molecular complexity index is 536. The minimum Gasteiger partial charge on any atom is -0.467 e. The number of nitrogens with zero attached hydrogens (tertiary/aromatic N) is 1. The van der Waals surface area contributed by atoms with Crippen LogP contribution in [0.25, 0.3) is 0 Å². The largest absolute Gasteiger partial charge is 0.467 e. The highest BCUT2D eigenvalue weighted by molar-refractivity contribution is 6.74. The molecule has 0 aromatic heterocycles. The molecule has 0 N–H and O–H groups in total. The third kappa shape index (κ3) is 7.39. The molecule has 0 radical (unpaired) electrons. The molecule has 0 spiro atoms. The summed E-state index contributed by atoms with van der Waals surface area (Å²) in [5.41, 5.74) is -0.588. The lowest BCUT2D eigenvalue weighted by atomic mass is 9.87. The van der Waals surface area contributed by atoms with Gasteiger partial charge in [0.15, 0.2) is 8.32 Å².